The zero-order valence-electron chi connectivity index (χ0n) is 35.5. The fourth-order valence-corrected chi connectivity index (χ4v) is 6.80. The average molecular weight is 876 g/mol. The van der Waals surface area contributed by atoms with Crippen LogP contribution in [0.2, 0.25) is 0 Å². The maximum absolute atomic E-state index is 14.4. The second kappa shape index (κ2) is 27.2. The summed E-state index contributed by atoms with van der Waals surface area (Å²) in [5.41, 5.74) is 13.8. The molecule has 0 saturated carbocycles. The molecule has 0 spiro atoms. The van der Waals surface area contributed by atoms with Crippen molar-refractivity contribution in [1.82, 2.24) is 26.6 Å². The number of carboxylic acids is 1. The number of ether oxygens (including phenoxy) is 1. The molecule has 0 aliphatic heterocycles. The van der Waals surface area contributed by atoms with Gasteiger partial charge >= 0.3 is 11.9 Å². The Labute approximate surface area is 367 Å². The Morgan fingerprint density at radius 1 is 0.613 bits per heavy atom. The van der Waals surface area contributed by atoms with E-state index in [0.717, 1.165) is 5.56 Å². The molecule has 0 heterocycles. The highest BCUT2D eigenvalue weighted by atomic mass is 32.2. The van der Waals surface area contributed by atoms with Crippen LogP contribution in [-0.4, -0.2) is 101 Å². The fourth-order valence-electron chi connectivity index (χ4n) is 6.32. The maximum atomic E-state index is 14.4. The third-order valence-corrected chi connectivity index (χ3v) is 10.3. The molecule has 0 bridgehead atoms. The molecule has 6 atom stereocenters. The lowest BCUT2D eigenvalue weighted by molar-refractivity contribution is -0.148. The van der Waals surface area contributed by atoms with E-state index < -0.39 is 84.1 Å². The first kappa shape index (κ1) is 50.6. The molecule has 0 aromatic heterocycles. The SMILES string of the molecule is CSCC[C@H](NC(=O)[C@H](CC(C)C)NC(=O)[C@H](CC(=O)OCc1ccccc1)NC(=O)[C@H](Cc1ccccc1)NC(=O)[C@H](Cc1ccccc1)NC(=O)[C@@H](N)CCCN)C(=O)O. The molecule has 0 saturated heterocycles. The van der Waals surface area contributed by atoms with Crippen molar-refractivity contribution >= 4 is 53.2 Å². The quantitative estimate of drug-likeness (QED) is 0.0512. The van der Waals surface area contributed by atoms with Crippen LogP contribution in [-0.2, 0) is 57.7 Å². The number of carbonyl (C=O) groups excluding carboxylic acids is 6. The van der Waals surface area contributed by atoms with Crippen molar-refractivity contribution in [2.45, 2.75) is 102 Å². The number of amides is 5. The number of nitrogens with one attached hydrogen (secondary N) is 5. The summed E-state index contributed by atoms with van der Waals surface area (Å²) < 4.78 is 5.47. The Morgan fingerprint density at radius 2 is 1.05 bits per heavy atom. The van der Waals surface area contributed by atoms with Gasteiger partial charge in [-0.1, -0.05) is 105 Å². The summed E-state index contributed by atoms with van der Waals surface area (Å²) in [6.07, 6.45) is 2.16. The zero-order chi connectivity index (χ0) is 45.4. The van der Waals surface area contributed by atoms with Gasteiger partial charge in [-0.3, -0.25) is 28.8 Å². The van der Waals surface area contributed by atoms with Crippen LogP contribution < -0.4 is 38.1 Å². The van der Waals surface area contributed by atoms with Gasteiger partial charge in [0.1, 0.15) is 36.8 Å². The van der Waals surface area contributed by atoms with Crippen LogP contribution in [0.4, 0.5) is 0 Å². The van der Waals surface area contributed by atoms with Gasteiger partial charge in [0.05, 0.1) is 12.5 Å². The Balaban J connectivity index is 1.96. The number of aliphatic carboxylic acids is 1. The second-order valence-electron chi connectivity index (χ2n) is 15.3. The fraction of sp³-hybridized carbons (Fsp3) is 0.444. The normalized spacial score (nSPS) is 13.9. The van der Waals surface area contributed by atoms with Gasteiger partial charge in [0.25, 0.3) is 0 Å². The third-order valence-electron chi connectivity index (χ3n) is 9.70. The molecule has 0 aliphatic carbocycles. The van der Waals surface area contributed by atoms with Crippen molar-refractivity contribution in [3.05, 3.63) is 108 Å². The molecule has 0 unspecified atom stereocenters. The molecule has 3 aromatic carbocycles. The van der Waals surface area contributed by atoms with Gasteiger partial charge in [0.2, 0.25) is 29.5 Å². The van der Waals surface area contributed by atoms with Crippen molar-refractivity contribution < 1.29 is 43.4 Å². The van der Waals surface area contributed by atoms with Gasteiger partial charge in [-0.25, -0.2) is 4.79 Å². The first-order chi connectivity index (χ1) is 29.7. The summed E-state index contributed by atoms with van der Waals surface area (Å²) in [7, 11) is 0. The van der Waals surface area contributed by atoms with E-state index in [0.29, 0.717) is 29.8 Å². The van der Waals surface area contributed by atoms with Crippen LogP contribution in [0.25, 0.3) is 0 Å². The topological polar surface area (TPSA) is 261 Å². The summed E-state index contributed by atoms with van der Waals surface area (Å²) in [6.45, 7) is 3.83. The second-order valence-corrected chi connectivity index (χ2v) is 16.3. The lowest BCUT2D eigenvalue weighted by atomic mass is 10.0. The number of carbonyl (C=O) groups is 7. The van der Waals surface area contributed by atoms with Gasteiger partial charge in [0, 0.05) is 12.8 Å². The summed E-state index contributed by atoms with van der Waals surface area (Å²) in [6, 6.07) is 19.0. The lowest BCUT2D eigenvalue weighted by Crippen LogP contribution is -2.60. The minimum absolute atomic E-state index is 0.0549. The van der Waals surface area contributed by atoms with Gasteiger partial charge in [-0.2, -0.15) is 11.8 Å². The number of esters is 1. The van der Waals surface area contributed by atoms with Crippen molar-refractivity contribution in [3.8, 4) is 0 Å². The molecule has 10 N–H and O–H groups in total. The van der Waals surface area contributed by atoms with E-state index in [-0.39, 0.29) is 44.6 Å². The molecular weight excluding hydrogens is 815 g/mol. The Hall–Kier alpha value is -5.78. The molecule has 17 heteroatoms. The van der Waals surface area contributed by atoms with E-state index in [4.69, 9.17) is 16.2 Å². The third kappa shape index (κ3) is 18.5. The first-order valence-electron chi connectivity index (χ1n) is 20.7. The van der Waals surface area contributed by atoms with Crippen molar-refractivity contribution in [1.29, 1.82) is 0 Å². The van der Waals surface area contributed by atoms with Crippen LogP contribution in [0.3, 0.4) is 0 Å². The van der Waals surface area contributed by atoms with E-state index in [9.17, 15) is 38.7 Å². The highest BCUT2D eigenvalue weighted by Crippen LogP contribution is 2.12. The average Bonchev–Trinajstić information content (AvgIpc) is 3.25. The van der Waals surface area contributed by atoms with E-state index >= 15 is 0 Å². The summed E-state index contributed by atoms with van der Waals surface area (Å²) in [5.74, 6) is -5.58. The molecule has 0 aliphatic rings. The van der Waals surface area contributed by atoms with Gasteiger partial charge in [-0.05, 0) is 66.8 Å². The number of rotatable bonds is 27. The van der Waals surface area contributed by atoms with Crippen LogP contribution >= 0.6 is 11.8 Å². The van der Waals surface area contributed by atoms with Crippen molar-refractivity contribution in [3.63, 3.8) is 0 Å². The molecule has 336 valence electrons. The van der Waals surface area contributed by atoms with Gasteiger partial charge in [-0.15, -0.1) is 0 Å². The number of nitrogens with two attached hydrogens (primary N) is 2. The number of hydrogen-bond donors (Lipinski definition) is 8. The lowest BCUT2D eigenvalue weighted by Gasteiger charge is -2.27. The standard InChI is InChI=1S/C45H61N7O9S/c1-29(2)24-35(41(55)48-34(45(59)60)21-23-62-3)50-44(58)38(27-39(53)61-28-32-18-11-6-12-19-32)52-43(57)37(26-31-16-9-5-10-17-31)51-42(56)36(25-30-14-7-4-8-15-30)49-40(54)33(47)20-13-22-46/h4-12,14-19,29,33-38H,13,20-28,46-47H2,1-3H3,(H,48,55)(H,49,54)(H,50,58)(H,51,56)(H,52,57)(H,59,60)/t33-,34-,35-,36-,37-,38-/m0/s1. The summed E-state index contributed by atoms with van der Waals surface area (Å²) >= 11 is 1.41. The van der Waals surface area contributed by atoms with Crippen LogP contribution in [0.1, 0.15) is 62.6 Å². The number of thioether (sulfide) groups is 1. The molecular formula is C45H61N7O9S. The van der Waals surface area contributed by atoms with Crippen molar-refractivity contribution in [2.24, 2.45) is 17.4 Å². The molecule has 0 fully saturated rings. The van der Waals surface area contributed by atoms with Crippen molar-refractivity contribution in [2.75, 3.05) is 18.6 Å². The minimum Gasteiger partial charge on any atom is -0.480 e. The Kier molecular flexibility index (Phi) is 22.2. The van der Waals surface area contributed by atoms with Gasteiger partial charge in [0.15, 0.2) is 0 Å². The van der Waals surface area contributed by atoms with E-state index in [1.165, 1.54) is 11.8 Å². The maximum Gasteiger partial charge on any atom is 0.326 e. The molecule has 5 amide bonds. The predicted octanol–water partition coefficient (Wildman–Crippen LogP) is 1.98. The highest BCUT2D eigenvalue weighted by Gasteiger charge is 2.34. The molecule has 16 nitrogen and oxygen atoms in total. The molecule has 3 rings (SSSR count). The van der Waals surface area contributed by atoms with Crippen LogP contribution in [0, 0.1) is 5.92 Å². The number of benzene rings is 3. The van der Waals surface area contributed by atoms with Crippen LogP contribution in [0.15, 0.2) is 91.0 Å². The molecule has 0 radical (unpaired) electrons. The first-order valence-corrected chi connectivity index (χ1v) is 22.1. The summed E-state index contributed by atoms with van der Waals surface area (Å²) in [4.78, 5) is 94.8. The Bertz CT molecular complexity index is 1890. The van der Waals surface area contributed by atoms with E-state index in [2.05, 4.69) is 26.6 Å². The molecule has 3 aromatic rings. The highest BCUT2D eigenvalue weighted by molar-refractivity contribution is 7.98. The Morgan fingerprint density at radius 3 is 1.53 bits per heavy atom. The largest absolute Gasteiger partial charge is 0.480 e. The van der Waals surface area contributed by atoms with Gasteiger partial charge < -0.3 is 47.9 Å². The smallest absolute Gasteiger partial charge is 0.326 e. The monoisotopic (exact) mass is 875 g/mol. The van der Waals surface area contributed by atoms with E-state index in [1.807, 2.05) is 13.8 Å². The summed E-state index contributed by atoms with van der Waals surface area (Å²) in [5, 5.41) is 23.0. The van der Waals surface area contributed by atoms with E-state index in [1.54, 1.807) is 97.3 Å². The number of hydrogen-bond acceptors (Lipinski definition) is 11. The minimum atomic E-state index is -1.62. The van der Waals surface area contributed by atoms with Crippen LogP contribution in [0.5, 0.6) is 0 Å². The molecule has 62 heavy (non-hydrogen) atoms. The zero-order valence-corrected chi connectivity index (χ0v) is 36.4. The number of carboxylic acid groups (broad SMARTS) is 1. The predicted molar refractivity (Wildman–Crippen MR) is 237 cm³/mol.